The first kappa shape index (κ1) is 11.1. The molecule has 1 aromatic rings. The molecule has 2 nitrogen and oxygen atoms in total. The van der Waals surface area contributed by atoms with Gasteiger partial charge < -0.3 is 5.11 Å². The second-order valence-corrected chi connectivity index (χ2v) is 6.50. The largest absolute Gasteiger partial charge is 0.477 e. The van der Waals surface area contributed by atoms with Crippen LogP contribution in [-0.4, -0.2) is 11.1 Å². The van der Waals surface area contributed by atoms with Gasteiger partial charge in [-0.3, -0.25) is 0 Å². The summed E-state index contributed by atoms with van der Waals surface area (Å²) in [6.07, 6.45) is 6.06. The number of halogens is 1. The lowest BCUT2D eigenvalue weighted by Crippen LogP contribution is -2.03. The van der Waals surface area contributed by atoms with Crippen LogP contribution >= 0.6 is 27.3 Å². The highest BCUT2D eigenvalue weighted by molar-refractivity contribution is 9.11. The van der Waals surface area contributed by atoms with Crippen LogP contribution in [0.1, 0.15) is 40.9 Å². The van der Waals surface area contributed by atoms with Crippen molar-refractivity contribution in [2.75, 3.05) is 0 Å². The van der Waals surface area contributed by atoms with E-state index in [0.29, 0.717) is 10.8 Å². The highest BCUT2D eigenvalue weighted by atomic mass is 79.9. The summed E-state index contributed by atoms with van der Waals surface area (Å²) in [5, 5.41) is 9.04. The van der Waals surface area contributed by atoms with Crippen molar-refractivity contribution in [3.63, 3.8) is 0 Å². The molecule has 1 saturated carbocycles. The maximum absolute atomic E-state index is 11.0. The van der Waals surface area contributed by atoms with Gasteiger partial charge >= 0.3 is 5.97 Å². The summed E-state index contributed by atoms with van der Waals surface area (Å²) in [6.45, 7) is 0. The number of carboxylic acid groups (broad SMARTS) is 1. The van der Waals surface area contributed by atoms with Crippen molar-refractivity contribution in [1.82, 2.24) is 0 Å². The molecule has 1 aliphatic rings. The molecule has 0 aromatic carbocycles. The fraction of sp³-hybridized carbons (Fsp3) is 0.545. The Balaban J connectivity index is 2.15. The van der Waals surface area contributed by atoms with Crippen LogP contribution in [0.2, 0.25) is 0 Å². The maximum Gasteiger partial charge on any atom is 0.346 e. The summed E-state index contributed by atoms with van der Waals surface area (Å²) in [5.41, 5.74) is 1.01. The van der Waals surface area contributed by atoms with Crippen molar-refractivity contribution in [1.29, 1.82) is 0 Å². The molecular weight excluding hydrogens is 276 g/mol. The van der Waals surface area contributed by atoms with Gasteiger partial charge in [-0.15, -0.1) is 11.3 Å². The van der Waals surface area contributed by atoms with Gasteiger partial charge in [0.1, 0.15) is 4.88 Å². The average Bonchev–Trinajstić information content (AvgIpc) is 2.75. The third kappa shape index (κ3) is 2.61. The van der Waals surface area contributed by atoms with Gasteiger partial charge in [0.05, 0.1) is 3.79 Å². The number of rotatable bonds is 3. The fourth-order valence-corrected chi connectivity index (χ4v) is 3.77. The Morgan fingerprint density at radius 1 is 1.53 bits per heavy atom. The van der Waals surface area contributed by atoms with E-state index < -0.39 is 5.97 Å². The van der Waals surface area contributed by atoms with Crippen molar-refractivity contribution in [2.24, 2.45) is 5.92 Å². The number of hydrogen-bond acceptors (Lipinski definition) is 2. The summed E-state index contributed by atoms with van der Waals surface area (Å²) >= 11 is 4.68. The molecule has 0 unspecified atom stereocenters. The predicted octanol–water partition coefficient (Wildman–Crippen LogP) is 3.94. The average molecular weight is 289 g/mol. The third-order valence-corrected chi connectivity index (χ3v) is 4.62. The minimum Gasteiger partial charge on any atom is -0.477 e. The second kappa shape index (κ2) is 4.66. The van der Waals surface area contributed by atoms with Crippen molar-refractivity contribution < 1.29 is 9.90 Å². The van der Waals surface area contributed by atoms with Crippen LogP contribution in [0.25, 0.3) is 0 Å². The van der Waals surface area contributed by atoms with Crippen LogP contribution in [0.4, 0.5) is 0 Å². The number of aromatic carboxylic acids is 1. The molecule has 1 aromatic heterocycles. The molecule has 1 fully saturated rings. The number of carbonyl (C=O) groups is 1. The minimum absolute atomic E-state index is 0.508. The number of hydrogen-bond donors (Lipinski definition) is 1. The zero-order chi connectivity index (χ0) is 10.8. The topological polar surface area (TPSA) is 37.3 Å². The van der Waals surface area contributed by atoms with Crippen LogP contribution < -0.4 is 0 Å². The summed E-state index contributed by atoms with van der Waals surface area (Å²) in [4.78, 5) is 11.5. The molecule has 0 amide bonds. The quantitative estimate of drug-likeness (QED) is 0.915. The SMILES string of the molecule is O=C(O)c1sc(Br)cc1CC1CCCC1. The van der Waals surface area contributed by atoms with Crippen molar-refractivity contribution >= 4 is 33.2 Å². The van der Waals surface area contributed by atoms with Crippen LogP contribution in [-0.2, 0) is 6.42 Å². The summed E-state index contributed by atoms with van der Waals surface area (Å²) in [6, 6.07) is 1.96. The molecule has 0 radical (unpaired) electrons. The molecule has 15 heavy (non-hydrogen) atoms. The summed E-state index contributed by atoms with van der Waals surface area (Å²) in [7, 11) is 0. The lowest BCUT2D eigenvalue weighted by atomic mass is 9.98. The van der Waals surface area contributed by atoms with Gasteiger partial charge in [0.25, 0.3) is 0 Å². The van der Waals surface area contributed by atoms with Gasteiger partial charge in [-0.2, -0.15) is 0 Å². The first-order valence-corrected chi connectivity index (χ1v) is 6.79. The van der Waals surface area contributed by atoms with Crippen molar-refractivity contribution in [3.05, 3.63) is 20.3 Å². The number of thiophene rings is 1. The molecule has 82 valence electrons. The van der Waals surface area contributed by atoms with Crippen LogP contribution in [0.15, 0.2) is 9.85 Å². The molecule has 4 heteroatoms. The Labute approximate surface area is 101 Å². The lowest BCUT2D eigenvalue weighted by Gasteiger charge is -2.07. The van der Waals surface area contributed by atoms with Crippen LogP contribution in [0.5, 0.6) is 0 Å². The van der Waals surface area contributed by atoms with E-state index in [1.54, 1.807) is 0 Å². The molecule has 1 aliphatic carbocycles. The molecule has 0 saturated heterocycles. The van der Waals surface area contributed by atoms with Crippen LogP contribution in [0.3, 0.4) is 0 Å². The molecular formula is C11H13BrO2S. The number of carboxylic acids is 1. The zero-order valence-corrected chi connectivity index (χ0v) is 10.7. The van der Waals surface area contributed by atoms with Gasteiger partial charge in [-0.05, 0) is 39.9 Å². The van der Waals surface area contributed by atoms with Crippen molar-refractivity contribution in [3.8, 4) is 0 Å². The first-order valence-electron chi connectivity index (χ1n) is 5.18. The monoisotopic (exact) mass is 288 g/mol. The Hall–Kier alpha value is -0.350. The fourth-order valence-electron chi connectivity index (χ4n) is 2.25. The Morgan fingerprint density at radius 2 is 2.20 bits per heavy atom. The van der Waals surface area contributed by atoms with Gasteiger partial charge in [-0.1, -0.05) is 25.7 Å². The normalized spacial score (nSPS) is 17.1. The molecule has 2 rings (SSSR count). The van der Waals surface area contributed by atoms with E-state index >= 15 is 0 Å². The van der Waals surface area contributed by atoms with E-state index in [9.17, 15) is 4.79 Å². The van der Waals surface area contributed by atoms with Gasteiger partial charge in [0.15, 0.2) is 0 Å². The van der Waals surface area contributed by atoms with Gasteiger partial charge in [0.2, 0.25) is 0 Å². The minimum atomic E-state index is -0.793. The second-order valence-electron chi connectivity index (χ2n) is 4.06. The summed E-state index contributed by atoms with van der Waals surface area (Å²) in [5.74, 6) is -0.0942. The standard InChI is InChI=1S/C11H13BrO2S/c12-9-6-8(10(15-9)11(13)14)5-7-3-1-2-4-7/h6-7H,1-5H2,(H,13,14). The molecule has 1 N–H and O–H groups in total. The van der Waals surface area contributed by atoms with E-state index in [0.717, 1.165) is 15.8 Å². The van der Waals surface area contributed by atoms with Crippen molar-refractivity contribution in [2.45, 2.75) is 32.1 Å². The molecule has 1 heterocycles. The maximum atomic E-state index is 11.0. The Kier molecular flexibility index (Phi) is 3.46. The smallest absolute Gasteiger partial charge is 0.346 e. The van der Waals surface area contributed by atoms with Crippen LogP contribution in [0, 0.1) is 5.92 Å². The van der Waals surface area contributed by atoms with E-state index in [1.165, 1.54) is 37.0 Å². The van der Waals surface area contributed by atoms with Gasteiger partial charge in [0, 0.05) is 0 Å². The van der Waals surface area contributed by atoms with E-state index in [1.807, 2.05) is 6.07 Å². The third-order valence-electron chi connectivity index (χ3n) is 2.96. The predicted molar refractivity (Wildman–Crippen MR) is 64.6 cm³/mol. The molecule has 0 atom stereocenters. The highest BCUT2D eigenvalue weighted by Crippen LogP contribution is 2.33. The Morgan fingerprint density at radius 3 is 2.80 bits per heavy atom. The van der Waals surface area contributed by atoms with Gasteiger partial charge in [-0.25, -0.2) is 4.79 Å². The molecule has 0 spiro atoms. The summed E-state index contributed by atoms with van der Waals surface area (Å²) < 4.78 is 0.924. The van der Waals surface area contributed by atoms with E-state index in [2.05, 4.69) is 15.9 Å². The van der Waals surface area contributed by atoms with E-state index in [4.69, 9.17) is 5.11 Å². The molecule has 0 bridgehead atoms. The lowest BCUT2D eigenvalue weighted by molar-refractivity contribution is 0.0701. The highest BCUT2D eigenvalue weighted by Gasteiger charge is 2.20. The molecule has 0 aliphatic heterocycles. The van der Waals surface area contributed by atoms with E-state index in [-0.39, 0.29) is 0 Å². The first-order chi connectivity index (χ1) is 7.16. The Bertz CT molecular complexity index is 367. The zero-order valence-electron chi connectivity index (χ0n) is 8.33.